The van der Waals surface area contributed by atoms with E-state index in [0.29, 0.717) is 5.82 Å². The summed E-state index contributed by atoms with van der Waals surface area (Å²) in [5.41, 5.74) is 6.40. The van der Waals surface area contributed by atoms with Gasteiger partial charge in [-0.15, -0.1) is 15.3 Å². The van der Waals surface area contributed by atoms with Gasteiger partial charge in [0, 0.05) is 6.42 Å². The summed E-state index contributed by atoms with van der Waals surface area (Å²) in [5.74, 6) is 1.40. The Morgan fingerprint density at radius 3 is 2.88 bits per heavy atom. The molecular weight excluding hydrogens is 202 g/mol. The van der Waals surface area contributed by atoms with Gasteiger partial charge in [0.15, 0.2) is 11.5 Å². The van der Waals surface area contributed by atoms with E-state index in [0.717, 1.165) is 24.3 Å². The fourth-order valence-electron chi connectivity index (χ4n) is 1.71. The lowest BCUT2D eigenvalue weighted by atomic mass is 10.1. The van der Waals surface area contributed by atoms with Crippen LogP contribution in [0.5, 0.6) is 0 Å². The maximum atomic E-state index is 5.64. The maximum Gasteiger partial charge on any atom is 0.178 e. The molecule has 0 saturated heterocycles. The first-order chi connectivity index (χ1) is 7.81. The van der Waals surface area contributed by atoms with Gasteiger partial charge in [-0.3, -0.25) is 0 Å². The van der Waals surface area contributed by atoms with Crippen molar-refractivity contribution in [3.8, 4) is 0 Å². The monoisotopic (exact) mass is 219 g/mol. The van der Waals surface area contributed by atoms with Crippen LogP contribution in [0, 0.1) is 0 Å². The van der Waals surface area contributed by atoms with Crippen LogP contribution in [-0.2, 0) is 6.42 Å². The van der Waals surface area contributed by atoms with Crippen LogP contribution in [0.4, 0.5) is 5.82 Å². The molecule has 2 aromatic heterocycles. The summed E-state index contributed by atoms with van der Waals surface area (Å²) in [4.78, 5) is 0. The SMILES string of the molecule is CCCCCCc1nnc2ccc(N)nn12. The number of nitrogens with zero attached hydrogens (tertiary/aromatic N) is 4. The summed E-state index contributed by atoms with van der Waals surface area (Å²) < 4.78 is 1.74. The molecule has 86 valence electrons. The van der Waals surface area contributed by atoms with E-state index in [-0.39, 0.29) is 0 Å². The molecule has 0 radical (unpaired) electrons. The standard InChI is InChI=1S/C11H17N5/c1-2-3-4-5-6-10-13-14-11-8-7-9(12)15-16(10)11/h7-8H,2-6H2,1H3,(H2,12,15). The average molecular weight is 219 g/mol. The Morgan fingerprint density at radius 2 is 2.06 bits per heavy atom. The van der Waals surface area contributed by atoms with Crippen molar-refractivity contribution in [2.24, 2.45) is 0 Å². The topological polar surface area (TPSA) is 69.1 Å². The lowest BCUT2D eigenvalue weighted by Gasteiger charge is -1.99. The Kier molecular flexibility index (Phi) is 3.34. The molecule has 0 atom stereocenters. The number of anilines is 1. The minimum Gasteiger partial charge on any atom is -0.382 e. The number of hydrogen-bond donors (Lipinski definition) is 1. The predicted octanol–water partition coefficient (Wildman–Crippen LogP) is 1.83. The molecule has 5 nitrogen and oxygen atoms in total. The fraction of sp³-hybridized carbons (Fsp3) is 0.545. The van der Waals surface area contributed by atoms with E-state index < -0.39 is 0 Å². The Balaban J connectivity index is 2.09. The largest absolute Gasteiger partial charge is 0.382 e. The Bertz CT molecular complexity index is 462. The minimum atomic E-state index is 0.502. The summed E-state index contributed by atoms with van der Waals surface area (Å²) in [7, 11) is 0. The van der Waals surface area contributed by atoms with E-state index in [1.807, 2.05) is 6.07 Å². The van der Waals surface area contributed by atoms with Crippen LogP contribution in [0.15, 0.2) is 12.1 Å². The highest BCUT2D eigenvalue weighted by atomic mass is 15.4. The highest BCUT2D eigenvalue weighted by Gasteiger charge is 2.05. The number of nitrogens with two attached hydrogens (primary N) is 1. The first kappa shape index (κ1) is 10.9. The van der Waals surface area contributed by atoms with Crippen LogP contribution in [0.2, 0.25) is 0 Å². The first-order valence-corrected chi connectivity index (χ1v) is 5.78. The molecule has 0 amide bonds. The van der Waals surface area contributed by atoms with Gasteiger partial charge in [-0.2, -0.15) is 4.52 Å². The number of fused-ring (bicyclic) bond motifs is 1. The molecule has 2 heterocycles. The molecule has 0 aliphatic rings. The van der Waals surface area contributed by atoms with Gasteiger partial charge in [0.05, 0.1) is 0 Å². The van der Waals surface area contributed by atoms with Gasteiger partial charge < -0.3 is 5.73 Å². The van der Waals surface area contributed by atoms with Crippen LogP contribution in [0.1, 0.15) is 38.4 Å². The summed E-state index contributed by atoms with van der Waals surface area (Å²) in [6.45, 7) is 2.20. The number of hydrogen-bond acceptors (Lipinski definition) is 4. The zero-order valence-electron chi connectivity index (χ0n) is 9.56. The molecule has 2 N–H and O–H groups in total. The summed E-state index contributed by atoms with van der Waals surface area (Å²) in [6, 6.07) is 3.58. The number of unbranched alkanes of at least 4 members (excludes halogenated alkanes) is 3. The van der Waals surface area contributed by atoms with E-state index in [9.17, 15) is 0 Å². The normalized spacial score (nSPS) is 11.1. The van der Waals surface area contributed by atoms with Crippen LogP contribution in [0.25, 0.3) is 5.65 Å². The molecule has 0 spiro atoms. The average Bonchev–Trinajstić information content (AvgIpc) is 2.67. The third-order valence-electron chi connectivity index (χ3n) is 2.60. The van der Waals surface area contributed by atoms with E-state index in [1.54, 1.807) is 10.6 Å². The highest BCUT2D eigenvalue weighted by molar-refractivity contribution is 5.41. The van der Waals surface area contributed by atoms with Gasteiger partial charge in [-0.1, -0.05) is 26.2 Å². The fourth-order valence-corrected chi connectivity index (χ4v) is 1.71. The number of aryl methyl sites for hydroxylation is 1. The van der Waals surface area contributed by atoms with Gasteiger partial charge in [0.1, 0.15) is 5.82 Å². The lowest BCUT2D eigenvalue weighted by Crippen LogP contribution is -2.02. The van der Waals surface area contributed by atoms with Crippen LogP contribution in [0.3, 0.4) is 0 Å². The van der Waals surface area contributed by atoms with Crippen LogP contribution >= 0.6 is 0 Å². The zero-order chi connectivity index (χ0) is 11.4. The lowest BCUT2D eigenvalue weighted by molar-refractivity contribution is 0.642. The van der Waals surface area contributed by atoms with E-state index in [4.69, 9.17) is 5.73 Å². The summed E-state index contributed by atoms with van der Waals surface area (Å²) >= 11 is 0. The molecule has 2 aromatic rings. The van der Waals surface area contributed by atoms with Gasteiger partial charge in [-0.25, -0.2) is 0 Å². The minimum absolute atomic E-state index is 0.502. The van der Waals surface area contributed by atoms with E-state index in [1.165, 1.54) is 19.3 Å². The Hall–Kier alpha value is -1.65. The van der Waals surface area contributed by atoms with Crippen molar-refractivity contribution >= 4 is 11.5 Å². The second-order valence-electron chi connectivity index (χ2n) is 3.96. The quantitative estimate of drug-likeness (QED) is 0.779. The molecule has 0 aliphatic carbocycles. The third-order valence-corrected chi connectivity index (χ3v) is 2.60. The van der Waals surface area contributed by atoms with Crippen molar-refractivity contribution in [2.45, 2.75) is 39.0 Å². The number of nitrogen functional groups attached to an aromatic ring is 1. The van der Waals surface area contributed by atoms with Crippen LogP contribution < -0.4 is 5.73 Å². The molecule has 2 rings (SSSR count). The van der Waals surface area contributed by atoms with Gasteiger partial charge in [-0.05, 0) is 18.6 Å². The Labute approximate surface area is 94.7 Å². The van der Waals surface area contributed by atoms with Crippen LogP contribution in [-0.4, -0.2) is 19.8 Å². The molecule has 0 aliphatic heterocycles. The maximum absolute atomic E-state index is 5.64. The van der Waals surface area contributed by atoms with Crippen molar-refractivity contribution < 1.29 is 0 Å². The van der Waals surface area contributed by atoms with Crippen molar-refractivity contribution in [3.63, 3.8) is 0 Å². The van der Waals surface area contributed by atoms with Crippen molar-refractivity contribution in [1.82, 2.24) is 19.8 Å². The summed E-state index contributed by atoms with van der Waals surface area (Å²) in [5, 5.41) is 12.4. The van der Waals surface area contributed by atoms with E-state index in [2.05, 4.69) is 22.2 Å². The predicted molar refractivity (Wildman–Crippen MR) is 63.0 cm³/mol. The first-order valence-electron chi connectivity index (χ1n) is 5.78. The molecular formula is C11H17N5. The molecule has 0 bridgehead atoms. The molecule has 0 fully saturated rings. The number of rotatable bonds is 5. The molecule has 0 saturated carbocycles. The second kappa shape index (κ2) is 4.92. The van der Waals surface area contributed by atoms with Crippen molar-refractivity contribution in [3.05, 3.63) is 18.0 Å². The number of aromatic nitrogens is 4. The molecule has 0 unspecified atom stereocenters. The molecule has 5 heteroatoms. The molecule has 0 aromatic carbocycles. The van der Waals surface area contributed by atoms with Gasteiger partial charge >= 0.3 is 0 Å². The molecule has 16 heavy (non-hydrogen) atoms. The van der Waals surface area contributed by atoms with Gasteiger partial charge in [0.25, 0.3) is 0 Å². The van der Waals surface area contributed by atoms with Gasteiger partial charge in [0.2, 0.25) is 0 Å². The smallest absolute Gasteiger partial charge is 0.178 e. The summed E-state index contributed by atoms with van der Waals surface area (Å²) in [6.07, 6.45) is 5.79. The van der Waals surface area contributed by atoms with Crippen molar-refractivity contribution in [2.75, 3.05) is 5.73 Å². The highest BCUT2D eigenvalue weighted by Crippen LogP contribution is 2.08. The zero-order valence-corrected chi connectivity index (χ0v) is 9.56. The second-order valence-corrected chi connectivity index (χ2v) is 3.96. The Morgan fingerprint density at radius 1 is 1.19 bits per heavy atom. The third kappa shape index (κ3) is 2.29. The van der Waals surface area contributed by atoms with E-state index >= 15 is 0 Å². The van der Waals surface area contributed by atoms with Crippen molar-refractivity contribution in [1.29, 1.82) is 0 Å².